The van der Waals surface area contributed by atoms with Crippen molar-refractivity contribution < 1.29 is 0 Å². The number of rotatable bonds is 5. The summed E-state index contributed by atoms with van der Waals surface area (Å²) in [5.41, 5.74) is 1.76. The summed E-state index contributed by atoms with van der Waals surface area (Å²) in [5.74, 6) is 7.92. The van der Waals surface area contributed by atoms with Gasteiger partial charge in [0.2, 0.25) is 0 Å². The summed E-state index contributed by atoms with van der Waals surface area (Å²) < 4.78 is 0. The van der Waals surface area contributed by atoms with Gasteiger partial charge in [-0.15, -0.1) is 11.6 Å². The second kappa shape index (κ2) is 8.18. The smallest absolute Gasteiger partial charge is 0.0373 e. The van der Waals surface area contributed by atoms with Gasteiger partial charge < -0.3 is 0 Å². The number of fused-ring (bicyclic) bond motifs is 5. The van der Waals surface area contributed by atoms with Crippen LogP contribution in [0.5, 0.6) is 0 Å². The fourth-order valence-corrected chi connectivity index (χ4v) is 7.99. The molecule has 26 heavy (non-hydrogen) atoms. The summed E-state index contributed by atoms with van der Waals surface area (Å²) in [6.45, 7) is 7.33. The lowest BCUT2D eigenvalue weighted by atomic mass is 9.56. The van der Waals surface area contributed by atoms with Gasteiger partial charge in [0.15, 0.2) is 0 Å². The van der Waals surface area contributed by atoms with Crippen LogP contribution >= 0.6 is 11.6 Å². The number of hydrogen-bond donors (Lipinski definition) is 0. The first-order chi connectivity index (χ1) is 12.5. The summed E-state index contributed by atoms with van der Waals surface area (Å²) in [6.07, 6.45) is 18.4. The van der Waals surface area contributed by atoms with E-state index in [4.69, 9.17) is 11.6 Å². The average molecular weight is 377 g/mol. The van der Waals surface area contributed by atoms with Crippen LogP contribution in [0, 0.1) is 47.3 Å². The largest absolute Gasteiger partial charge is 0.123 e. The van der Waals surface area contributed by atoms with E-state index in [1.54, 1.807) is 18.4 Å². The van der Waals surface area contributed by atoms with Gasteiger partial charge in [-0.1, -0.05) is 51.7 Å². The fraction of sp³-hybridized carbons (Fsp3) is 0.920. The summed E-state index contributed by atoms with van der Waals surface area (Å²) in [6, 6.07) is 0. The topological polar surface area (TPSA) is 0 Å². The lowest BCUT2D eigenvalue weighted by Gasteiger charge is -2.50. The minimum atomic E-state index is 0.424. The van der Waals surface area contributed by atoms with Gasteiger partial charge in [-0.2, -0.15) is 0 Å². The third-order valence-electron chi connectivity index (χ3n) is 8.93. The summed E-state index contributed by atoms with van der Waals surface area (Å²) in [7, 11) is 0. The van der Waals surface area contributed by atoms with Gasteiger partial charge in [-0.3, -0.25) is 0 Å². The molecule has 4 rings (SSSR count). The van der Waals surface area contributed by atoms with E-state index in [-0.39, 0.29) is 0 Å². The minimum absolute atomic E-state index is 0.424. The SMILES string of the molecule is CC(C)CCC[C@H](C)[C@@H]1CC[C@@H]2[C@@H]1CC[C@H]1[C@H]2CC=C2C[C@H](Cl)CC[C@H]21. The molecule has 0 bridgehead atoms. The average Bonchev–Trinajstić information content (AvgIpc) is 3.05. The van der Waals surface area contributed by atoms with Crippen molar-refractivity contribution >= 4 is 11.6 Å². The van der Waals surface area contributed by atoms with Gasteiger partial charge in [0.1, 0.15) is 0 Å². The second-order valence-corrected chi connectivity index (χ2v) is 11.4. The first-order valence-electron chi connectivity index (χ1n) is 11.9. The highest BCUT2D eigenvalue weighted by molar-refractivity contribution is 6.20. The number of alkyl halides is 1. The zero-order valence-electron chi connectivity index (χ0n) is 17.4. The van der Waals surface area contributed by atoms with E-state index in [9.17, 15) is 0 Å². The lowest BCUT2D eigenvalue weighted by Crippen LogP contribution is -2.41. The van der Waals surface area contributed by atoms with Gasteiger partial charge in [0.25, 0.3) is 0 Å². The Morgan fingerprint density at radius 3 is 2.46 bits per heavy atom. The normalized spacial score (nSPS) is 43.4. The number of halogens is 1. The molecule has 0 aromatic carbocycles. The van der Waals surface area contributed by atoms with Crippen LogP contribution in [-0.4, -0.2) is 5.38 Å². The highest BCUT2D eigenvalue weighted by Crippen LogP contribution is 2.59. The van der Waals surface area contributed by atoms with Crippen LogP contribution in [0.25, 0.3) is 0 Å². The van der Waals surface area contributed by atoms with Gasteiger partial charge >= 0.3 is 0 Å². The summed E-state index contributed by atoms with van der Waals surface area (Å²) in [4.78, 5) is 0. The Balaban J connectivity index is 1.39. The van der Waals surface area contributed by atoms with Crippen molar-refractivity contribution in [3.63, 3.8) is 0 Å². The van der Waals surface area contributed by atoms with Crippen molar-refractivity contribution in [2.75, 3.05) is 0 Å². The Labute approximate surface area is 167 Å². The van der Waals surface area contributed by atoms with Crippen molar-refractivity contribution in [3.05, 3.63) is 11.6 Å². The predicted octanol–water partition coefficient (Wildman–Crippen LogP) is 7.86. The first kappa shape index (κ1) is 19.4. The minimum Gasteiger partial charge on any atom is -0.123 e. The van der Waals surface area contributed by atoms with Crippen molar-refractivity contribution in [1.82, 2.24) is 0 Å². The van der Waals surface area contributed by atoms with Crippen molar-refractivity contribution in [3.8, 4) is 0 Å². The van der Waals surface area contributed by atoms with Crippen LogP contribution in [0.4, 0.5) is 0 Å². The maximum absolute atomic E-state index is 6.47. The van der Waals surface area contributed by atoms with Crippen LogP contribution in [0.3, 0.4) is 0 Å². The third-order valence-corrected chi connectivity index (χ3v) is 9.30. The molecule has 0 spiro atoms. The number of allylic oxidation sites excluding steroid dienone is 2. The van der Waals surface area contributed by atoms with Crippen LogP contribution in [0.2, 0.25) is 0 Å². The molecule has 148 valence electrons. The Morgan fingerprint density at radius 1 is 0.885 bits per heavy atom. The molecule has 3 fully saturated rings. The van der Waals surface area contributed by atoms with E-state index < -0.39 is 0 Å². The molecule has 3 saturated carbocycles. The van der Waals surface area contributed by atoms with E-state index >= 15 is 0 Å². The molecule has 0 saturated heterocycles. The zero-order chi connectivity index (χ0) is 18.3. The Morgan fingerprint density at radius 2 is 1.65 bits per heavy atom. The lowest BCUT2D eigenvalue weighted by molar-refractivity contribution is 0.0420. The molecule has 0 radical (unpaired) electrons. The second-order valence-electron chi connectivity index (χ2n) is 10.8. The van der Waals surface area contributed by atoms with E-state index in [2.05, 4.69) is 26.8 Å². The van der Waals surface area contributed by atoms with Crippen LogP contribution < -0.4 is 0 Å². The van der Waals surface area contributed by atoms with E-state index in [0.29, 0.717) is 5.38 Å². The molecule has 0 heterocycles. The quantitative estimate of drug-likeness (QED) is 0.338. The molecular weight excluding hydrogens is 336 g/mol. The Hall–Kier alpha value is 0.0300. The molecule has 4 aliphatic carbocycles. The maximum atomic E-state index is 6.47. The van der Waals surface area contributed by atoms with Crippen LogP contribution in [0.1, 0.15) is 91.4 Å². The predicted molar refractivity (Wildman–Crippen MR) is 113 cm³/mol. The molecule has 0 aliphatic heterocycles. The molecule has 0 nitrogen and oxygen atoms in total. The molecule has 0 N–H and O–H groups in total. The van der Waals surface area contributed by atoms with Gasteiger partial charge in [-0.05, 0) is 98.7 Å². The van der Waals surface area contributed by atoms with E-state index in [1.165, 1.54) is 57.8 Å². The van der Waals surface area contributed by atoms with Gasteiger partial charge in [0.05, 0.1) is 0 Å². The molecule has 1 heteroatoms. The molecule has 0 unspecified atom stereocenters. The molecule has 0 aromatic rings. The van der Waals surface area contributed by atoms with E-state index in [0.717, 1.165) is 47.3 Å². The zero-order valence-corrected chi connectivity index (χ0v) is 18.2. The first-order valence-corrected chi connectivity index (χ1v) is 12.3. The Bertz CT molecular complexity index is 506. The maximum Gasteiger partial charge on any atom is 0.0373 e. The Kier molecular flexibility index (Phi) is 6.09. The molecular formula is C25H41Cl. The fourth-order valence-electron chi connectivity index (χ4n) is 7.69. The van der Waals surface area contributed by atoms with Crippen LogP contribution in [0.15, 0.2) is 11.6 Å². The monoisotopic (exact) mass is 376 g/mol. The van der Waals surface area contributed by atoms with E-state index in [1.807, 2.05) is 0 Å². The third kappa shape index (κ3) is 3.78. The molecule has 0 amide bonds. The summed E-state index contributed by atoms with van der Waals surface area (Å²) >= 11 is 6.47. The van der Waals surface area contributed by atoms with Crippen molar-refractivity contribution in [1.29, 1.82) is 0 Å². The van der Waals surface area contributed by atoms with Crippen molar-refractivity contribution in [2.45, 2.75) is 96.8 Å². The number of hydrogen-bond acceptors (Lipinski definition) is 0. The molecule has 4 aliphatic rings. The highest BCUT2D eigenvalue weighted by atomic mass is 35.5. The van der Waals surface area contributed by atoms with Crippen LogP contribution in [-0.2, 0) is 0 Å². The standard InChI is InChI=1S/C25H41Cl/c1-16(2)5-4-6-17(3)20-11-12-25-22(20)13-14-23-21-10-8-19(26)15-18(21)7-9-24(23)25/h7,16-17,19-25H,4-6,8-15H2,1-3H3/t17-,19+,20-,21+,22+,23+,24+,25+/m0/s1. The van der Waals surface area contributed by atoms with Gasteiger partial charge in [-0.25, -0.2) is 0 Å². The molecule has 0 aromatic heterocycles. The molecule has 8 atom stereocenters. The van der Waals surface area contributed by atoms with Gasteiger partial charge in [0, 0.05) is 5.38 Å². The summed E-state index contributed by atoms with van der Waals surface area (Å²) in [5, 5.41) is 0.424. The van der Waals surface area contributed by atoms with Crippen molar-refractivity contribution in [2.24, 2.45) is 47.3 Å². The highest BCUT2D eigenvalue weighted by Gasteiger charge is 2.50.